The van der Waals surface area contributed by atoms with Crippen LogP contribution in [-0.4, -0.2) is 12.6 Å². The number of carbonyl (C=O) groups is 1. The standard InChI is InChI=1S/C6H10N2O2/c1-4(7)3-10-6(9)5(2)8/h1-3,7-8H2. The monoisotopic (exact) mass is 142 g/mol. The van der Waals surface area contributed by atoms with Crippen molar-refractivity contribution in [3.8, 4) is 0 Å². The molecule has 0 unspecified atom stereocenters. The highest BCUT2D eigenvalue weighted by Crippen LogP contribution is 1.87. The van der Waals surface area contributed by atoms with Crippen LogP contribution in [0.3, 0.4) is 0 Å². The van der Waals surface area contributed by atoms with Gasteiger partial charge in [0.25, 0.3) is 0 Å². The summed E-state index contributed by atoms with van der Waals surface area (Å²) in [6.07, 6.45) is 0. The van der Waals surface area contributed by atoms with Crippen molar-refractivity contribution >= 4 is 5.97 Å². The van der Waals surface area contributed by atoms with Crippen molar-refractivity contribution in [3.05, 3.63) is 24.6 Å². The molecule has 0 aromatic heterocycles. The van der Waals surface area contributed by atoms with Crippen molar-refractivity contribution in [2.24, 2.45) is 11.5 Å². The fraction of sp³-hybridized carbons (Fsp3) is 0.167. The normalized spacial score (nSPS) is 8.40. The predicted molar refractivity (Wildman–Crippen MR) is 37.6 cm³/mol. The van der Waals surface area contributed by atoms with E-state index in [-0.39, 0.29) is 18.0 Å². The highest BCUT2D eigenvalue weighted by molar-refractivity contribution is 5.86. The Morgan fingerprint density at radius 3 is 2.20 bits per heavy atom. The predicted octanol–water partition coefficient (Wildman–Crippen LogP) is -0.526. The maximum absolute atomic E-state index is 10.5. The number of rotatable bonds is 3. The van der Waals surface area contributed by atoms with Crippen LogP contribution in [0.25, 0.3) is 0 Å². The van der Waals surface area contributed by atoms with Crippen LogP contribution in [0.15, 0.2) is 24.6 Å². The van der Waals surface area contributed by atoms with Gasteiger partial charge in [-0.3, -0.25) is 0 Å². The van der Waals surface area contributed by atoms with E-state index in [9.17, 15) is 4.79 Å². The van der Waals surface area contributed by atoms with Gasteiger partial charge in [0.05, 0.1) is 0 Å². The molecule has 4 N–H and O–H groups in total. The second-order valence-corrected chi connectivity index (χ2v) is 1.76. The van der Waals surface area contributed by atoms with E-state index in [1.165, 1.54) is 0 Å². The van der Waals surface area contributed by atoms with Gasteiger partial charge in [-0.1, -0.05) is 13.2 Å². The van der Waals surface area contributed by atoms with Crippen molar-refractivity contribution in [1.82, 2.24) is 0 Å². The van der Waals surface area contributed by atoms with Crippen LogP contribution in [0.4, 0.5) is 0 Å². The lowest BCUT2D eigenvalue weighted by Gasteiger charge is -2.01. The van der Waals surface area contributed by atoms with E-state index in [2.05, 4.69) is 17.9 Å². The van der Waals surface area contributed by atoms with E-state index in [1.807, 2.05) is 0 Å². The van der Waals surface area contributed by atoms with Crippen molar-refractivity contribution in [2.75, 3.05) is 6.61 Å². The van der Waals surface area contributed by atoms with Crippen LogP contribution < -0.4 is 11.5 Å². The van der Waals surface area contributed by atoms with Crippen molar-refractivity contribution in [1.29, 1.82) is 0 Å². The summed E-state index contributed by atoms with van der Waals surface area (Å²) in [6, 6.07) is 0. The molecule has 10 heavy (non-hydrogen) atoms. The summed E-state index contributed by atoms with van der Waals surface area (Å²) in [5.41, 5.74) is 10.2. The molecule has 56 valence electrons. The van der Waals surface area contributed by atoms with Crippen LogP contribution in [0.1, 0.15) is 0 Å². The Balaban J connectivity index is 3.60. The topological polar surface area (TPSA) is 78.3 Å². The number of hydrogen-bond donors (Lipinski definition) is 2. The molecule has 0 atom stereocenters. The highest BCUT2D eigenvalue weighted by atomic mass is 16.5. The van der Waals surface area contributed by atoms with Gasteiger partial charge in [-0.25, -0.2) is 4.79 Å². The molecule has 0 fully saturated rings. The van der Waals surface area contributed by atoms with Crippen LogP contribution in [-0.2, 0) is 9.53 Å². The van der Waals surface area contributed by atoms with Crippen LogP contribution in [0.5, 0.6) is 0 Å². The summed E-state index contributed by atoms with van der Waals surface area (Å²) in [6.45, 7) is 6.46. The summed E-state index contributed by atoms with van der Waals surface area (Å²) in [7, 11) is 0. The maximum Gasteiger partial charge on any atom is 0.353 e. The zero-order valence-electron chi connectivity index (χ0n) is 5.59. The molecule has 0 aliphatic heterocycles. The molecule has 0 radical (unpaired) electrons. The van der Waals surface area contributed by atoms with Crippen molar-refractivity contribution < 1.29 is 9.53 Å². The average Bonchev–Trinajstić information content (AvgIpc) is 1.82. The first-order valence-electron chi connectivity index (χ1n) is 2.58. The van der Waals surface area contributed by atoms with Gasteiger partial charge in [0.2, 0.25) is 0 Å². The number of esters is 1. The molecule has 0 saturated heterocycles. The zero-order chi connectivity index (χ0) is 8.15. The molecule has 4 nitrogen and oxygen atoms in total. The minimum Gasteiger partial charge on any atom is -0.455 e. The molecule has 0 heterocycles. The van der Waals surface area contributed by atoms with Gasteiger partial charge in [-0.15, -0.1) is 0 Å². The Labute approximate surface area is 59.1 Å². The Bertz CT molecular complexity index is 175. The third-order valence-electron chi connectivity index (χ3n) is 0.651. The van der Waals surface area contributed by atoms with Gasteiger partial charge in [0, 0.05) is 5.70 Å². The molecule has 0 rings (SSSR count). The van der Waals surface area contributed by atoms with Crippen LogP contribution in [0, 0.1) is 0 Å². The summed E-state index contributed by atoms with van der Waals surface area (Å²) in [5.74, 6) is -0.661. The third kappa shape index (κ3) is 3.54. The summed E-state index contributed by atoms with van der Waals surface area (Å²) >= 11 is 0. The number of nitrogens with two attached hydrogens (primary N) is 2. The molecule has 0 saturated carbocycles. The lowest BCUT2D eigenvalue weighted by atomic mass is 10.5. The minimum absolute atomic E-state index is 0.0188. The Morgan fingerprint density at radius 1 is 1.40 bits per heavy atom. The highest BCUT2D eigenvalue weighted by Gasteiger charge is 2.02. The van der Waals surface area contributed by atoms with E-state index >= 15 is 0 Å². The number of ether oxygens (including phenoxy) is 1. The Hall–Kier alpha value is -1.45. The van der Waals surface area contributed by atoms with E-state index in [0.717, 1.165) is 0 Å². The Morgan fingerprint density at radius 2 is 1.90 bits per heavy atom. The van der Waals surface area contributed by atoms with E-state index in [4.69, 9.17) is 11.5 Å². The summed E-state index contributed by atoms with van der Waals surface area (Å²) in [5, 5.41) is 0. The first-order chi connectivity index (χ1) is 4.54. The van der Waals surface area contributed by atoms with Gasteiger partial charge < -0.3 is 16.2 Å². The first kappa shape index (κ1) is 8.55. The van der Waals surface area contributed by atoms with Gasteiger partial charge in [0.15, 0.2) is 0 Å². The molecule has 0 bridgehead atoms. The number of hydrogen-bond acceptors (Lipinski definition) is 4. The lowest BCUT2D eigenvalue weighted by molar-refractivity contribution is -0.138. The summed E-state index contributed by atoms with van der Waals surface area (Å²) in [4.78, 5) is 10.5. The van der Waals surface area contributed by atoms with E-state index < -0.39 is 5.97 Å². The fourth-order valence-corrected chi connectivity index (χ4v) is 0.251. The van der Waals surface area contributed by atoms with Crippen LogP contribution in [0.2, 0.25) is 0 Å². The van der Waals surface area contributed by atoms with Gasteiger partial charge in [-0.2, -0.15) is 0 Å². The smallest absolute Gasteiger partial charge is 0.353 e. The molecule has 4 heteroatoms. The minimum atomic E-state index is -0.661. The lowest BCUT2D eigenvalue weighted by Crippen LogP contribution is -2.16. The second kappa shape index (κ2) is 3.55. The molecule has 0 amide bonds. The fourth-order valence-electron chi connectivity index (χ4n) is 0.251. The molecule has 0 aromatic carbocycles. The largest absolute Gasteiger partial charge is 0.455 e. The molecule has 0 aromatic rings. The molecule has 0 aliphatic rings. The quantitative estimate of drug-likeness (QED) is 0.410. The molecular weight excluding hydrogens is 132 g/mol. The van der Waals surface area contributed by atoms with Gasteiger partial charge in [0.1, 0.15) is 12.3 Å². The van der Waals surface area contributed by atoms with E-state index in [1.54, 1.807) is 0 Å². The average molecular weight is 142 g/mol. The summed E-state index contributed by atoms with van der Waals surface area (Å²) < 4.78 is 4.48. The number of carbonyl (C=O) groups excluding carboxylic acids is 1. The zero-order valence-corrected chi connectivity index (χ0v) is 5.59. The SMILES string of the molecule is C=C(N)COC(=O)C(=C)N. The molecule has 0 spiro atoms. The maximum atomic E-state index is 10.5. The molecule has 0 aliphatic carbocycles. The van der Waals surface area contributed by atoms with Gasteiger partial charge >= 0.3 is 5.97 Å². The second-order valence-electron chi connectivity index (χ2n) is 1.76. The Kier molecular flexibility index (Phi) is 3.04. The van der Waals surface area contributed by atoms with E-state index in [0.29, 0.717) is 0 Å². The van der Waals surface area contributed by atoms with Crippen molar-refractivity contribution in [2.45, 2.75) is 0 Å². The van der Waals surface area contributed by atoms with Gasteiger partial charge in [-0.05, 0) is 0 Å². The van der Waals surface area contributed by atoms with Crippen molar-refractivity contribution in [3.63, 3.8) is 0 Å². The van der Waals surface area contributed by atoms with Crippen LogP contribution >= 0.6 is 0 Å². The first-order valence-corrected chi connectivity index (χ1v) is 2.58. The molecular formula is C6H10N2O2. The third-order valence-corrected chi connectivity index (χ3v) is 0.651.